The van der Waals surface area contributed by atoms with E-state index in [1.54, 1.807) is 19.1 Å². The first-order chi connectivity index (χ1) is 32.6. The maximum absolute atomic E-state index is 14.6. The van der Waals surface area contributed by atoms with Crippen molar-refractivity contribution in [1.29, 1.82) is 0 Å². The molecular formula is C50H78N10O7S5. The van der Waals surface area contributed by atoms with Gasteiger partial charge in [0, 0.05) is 106 Å². The number of hydrazine groups is 1. The van der Waals surface area contributed by atoms with E-state index in [4.69, 9.17) is 24.2 Å². The molecule has 3 saturated heterocycles. The Morgan fingerprint density at radius 2 is 1.72 bits per heavy atom. The molecule has 4 aliphatic rings. The van der Waals surface area contributed by atoms with Crippen molar-refractivity contribution in [3.63, 3.8) is 0 Å². The molecule has 6 bridgehead atoms. The molecule has 4 aromatic rings. The molecule has 3 aromatic heterocycles. The second-order valence-electron chi connectivity index (χ2n) is 19.9. The third-order valence-corrected chi connectivity index (χ3v) is 14.9. The predicted molar refractivity (Wildman–Crippen MR) is 305 cm³/mol. The molecular weight excluding hydrogens is 1010 g/mol. The summed E-state index contributed by atoms with van der Waals surface area (Å²) in [4.78, 5) is 74.9. The van der Waals surface area contributed by atoms with Crippen molar-refractivity contribution in [2.24, 2.45) is 11.3 Å². The number of nitrogens with one attached hydrogen (secondary N) is 2. The molecule has 0 unspecified atom stereocenters. The van der Waals surface area contributed by atoms with Crippen molar-refractivity contribution in [2.45, 2.75) is 98.0 Å². The molecule has 8 rings (SSSR count). The third-order valence-electron chi connectivity index (χ3n) is 14.0. The molecule has 72 heavy (non-hydrogen) atoms. The Kier molecular flexibility index (Phi) is 22.1. The highest BCUT2D eigenvalue weighted by atomic mass is 32.1. The number of hydrogen-bond donors (Lipinski definition) is 2. The number of aryl methyl sites for hydroxylation is 1. The fraction of sp³-hybridized carbons (Fsp3) is 0.600. The molecule has 22 heteroatoms. The number of morpholine rings is 1. The molecule has 0 saturated carbocycles. The number of aromatic nitrogens is 3. The third kappa shape index (κ3) is 13.2. The highest BCUT2D eigenvalue weighted by molar-refractivity contribution is 7.59. The van der Waals surface area contributed by atoms with E-state index in [2.05, 4.69) is 77.2 Å². The minimum absolute atomic E-state index is 0. The van der Waals surface area contributed by atoms with Gasteiger partial charge in [-0.25, -0.2) is 15.2 Å². The molecule has 4 amide bonds. The van der Waals surface area contributed by atoms with E-state index in [-0.39, 0.29) is 85.1 Å². The van der Waals surface area contributed by atoms with Crippen LogP contribution < -0.4 is 15.6 Å². The van der Waals surface area contributed by atoms with Gasteiger partial charge in [0.15, 0.2) is 0 Å². The highest BCUT2D eigenvalue weighted by Crippen LogP contribution is 2.43. The average Bonchev–Trinajstić information content (AvgIpc) is 3.93. The maximum atomic E-state index is 14.6. The van der Waals surface area contributed by atoms with Gasteiger partial charge in [-0.2, -0.15) is 54.0 Å². The van der Waals surface area contributed by atoms with Crippen LogP contribution in [0.15, 0.2) is 35.8 Å². The van der Waals surface area contributed by atoms with E-state index < -0.39 is 41.3 Å². The Morgan fingerprint density at radius 3 is 2.39 bits per heavy atom. The number of methoxy groups -OCH3 is 1. The first kappa shape index (κ1) is 60.8. The quantitative estimate of drug-likeness (QED) is 0.194. The molecule has 4 aliphatic heterocycles. The van der Waals surface area contributed by atoms with Crippen LogP contribution >= 0.6 is 65.3 Å². The van der Waals surface area contributed by atoms with Gasteiger partial charge in [-0.3, -0.25) is 24.4 Å². The summed E-state index contributed by atoms with van der Waals surface area (Å²) >= 11 is 1.43. The van der Waals surface area contributed by atoms with Gasteiger partial charge in [-0.05, 0) is 69.8 Å². The zero-order valence-electron chi connectivity index (χ0n) is 43.3. The largest absolute Gasteiger partial charge is 0.464 e. The van der Waals surface area contributed by atoms with Crippen molar-refractivity contribution in [2.75, 3.05) is 91.7 Å². The predicted octanol–water partition coefficient (Wildman–Crippen LogP) is 5.81. The smallest absolute Gasteiger partial charge is 0.324 e. The number of carbonyl (C=O) groups excluding carboxylic acids is 4. The number of urea groups is 1. The van der Waals surface area contributed by atoms with Crippen LogP contribution in [0.1, 0.15) is 76.8 Å². The van der Waals surface area contributed by atoms with Gasteiger partial charge in [0.25, 0.3) is 5.91 Å². The lowest BCUT2D eigenvalue weighted by Gasteiger charge is -2.38. The Bertz CT molecular complexity index is 2490. The number of anilines is 1. The Hall–Kier alpha value is -3.74. The van der Waals surface area contributed by atoms with Crippen LogP contribution in [0.2, 0.25) is 0 Å². The second kappa shape index (κ2) is 26.2. The zero-order chi connectivity index (χ0) is 48.4. The normalized spacial score (nSPS) is 20.4. The Labute approximate surface area is 457 Å². The lowest BCUT2D eigenvalue weighted by molar-refractivity contribution is -0.155. The van der Waals surface area contributed by atoms with Gasteiger partial charge in [0.1, 0.15) is 18.1 Å². The summed E-state index contributed by atoms with van der Waals surface area (Å²) in [7, 11) is 5.51. The van der Waals surface area contributed by atoms with Gasteiger partial charge in [-0.15, -0.1) is 11.3 Å². The summed E-state index contributed by atoms with van der Waals surface area (Å²) in [6, 6.07) is 5.80. The van der Waals surface area contributed by atoms with Crippen LogP contribution in [0.25, 0.3) is 33.4 Å². The van der Waals surface area contributed by atoms with Gasteiger partial charge in [0.2, 0.25) is 5.91 Å². The van der Waals surface area contributed by atoms with Gasteiger partial charge in [-0.1, -0.05) is 33.8 Å². The van der Waals surface area contributed by atoms with Gasteiger partial charge >= 0.3 is 12.0 Å². The molecule has 2 N–H and O–H groups in total. The summed E-state index contributed by atoms with van der Waals surface area (Å²) in [5, 5.41) is 8.22. The van der Waals surface area contributed by atoms with Crippen LogP contribution in [-0.2, 0) is 48.0 Å². The Morgan fingerprint density at radius 1 is 1.01 bits per heavy atom. The van der Waals surface area contributed by atoms with Gasteiger partial charge in [0.05, 0.1) is 59.9 Å². The van der Waals surface area contributed by atoms with E-state index in [0.717, 1.165) is 76.5 Å². The number of pyridine rings is 1. The number of esters is 1. The first-order valence-corrected chi connectivity index (χ1v) is 25.2. The number of benzene rings is 1. The topological polar surface area (TPSA) is 167 Å². The molecule has 3 fully saturated rings. The summed E-state index contributed by atoms with van der Waals surface area (Å²) in [6.07, 6.45) is 3.42. The molecule has 7 heterocycles. The van der Waals surface area contributed by atoms with E-state index >= 15 is 0 Å². The number of nitrogens with zero attached hydrogens (tertiary/aromatic N) is 8. The number of cyclic esters (lactones) is 1. The van der Waals surface area contributed by atoms with Crippen molar-refractivity contribution in [3.8, 4) is 22.5 Å². The molecule has 0 radical (unpaired) electrons. The Balaban J connectivity index is 0.00000281. The van der Waals surface area contributed by atoms with Crippen molar-refractivity contribution < 1.29 is 33.4 Å². The number of hydrogen-bond acceptors (Lipinski definition) is 13. The molecule has 17 nitrogen and oxygen atoms in total. The van der Waals surface area contributed by atoms with Gasteiger partial charge < -0.3 is 43.7 Å². The summed E-state index contributed by atoms with van der Waals surface area (Å²) < 4.78 is 20.0. The van der Waals surface area contributed by atoms with Crippen LogP contribution in [0.4, 0.5) is 10.5 Å². The second-order valence-corrected chi connectivity index (χ2v) is 20.9. The molecule has 0 aliphatic carbocycles. The number of amides is 4. The zero-order valence-corrected chi connectivity index (χ0v) is 48.1. The van der Waals surface area contributed by atoms with Crippen LogP contribution in [0, 0.1) is 11.3 Å². The minimum Gasteiger partial charge on any atom is -0.464 e. The number of thiazole rings is 1. The fourth-order valence-corrected chi connectivity index (χ4v) is 11.0. The maximum Gasteiger partial charge on any atom is 0.324 e. The first-order valence-electron chi connectivity index (χ1n) is 24.3. The SMILES string of the molecule is CCn1c(-c2cc(N3CCN(C)CC3)cnc2[C@H](C)OC)c2c3cc(ccc31)-c1csc(n1)C[C@H](NC(=O)[C@H](C(C)C)N(C)C(=O)N1CCOCC1)C(=O)N1CCC[C@H](N1)C(=O)OCC(C)(C)C2.S.S.S.S. The number of likely N-dealkylation sites (N-methyl/N-ethyl adjacent to an activating group) is 2. The van der Waals surface area contributed by atoms with Crippen molar-refractivity contribution in [3.05, 3.63) is 52.1 Å². The summed E-state index contributed by atoms with van der Waals surface area (Å²) in [5.41, 5.74) is 10.5. The van der Waals surface area contributed by atoms with Crippen molar-refractivity contribution in [1.82, 2.24) is 45.0 Å². The van der Waals surface area contributed by atoms with Crippen LogP contribution in [-0.4, -0.2) is 163 Å². The molecule has 1 aromatic carbocycles. The van der Waals surface area contributed by atoms with Crippen molar-refractivity contribution >= 4 is 106 Å². The number of ether oxygens (including phenoxy) is 3. The van der Waals surface area contributed by atoms with E-state index in [1.807, 2.05) is 32.3 Å². The average molecular weight is 1090 g/mol. The minimum atomic E-state index is -1.05. The molecule has 0 spiro atoms. The standard InChI is InChI=1S/C50H70N10O7S.4H2S/c1-10-59-41-14-13-33-24-35(41)37(45(59)36-25-34(28-51-43(36)32(4)65-9)57-18-16-55(7)17-19-57)27-50(5,6)30-67-48(63)38-12-11-15-60(54-38)47(62)39(26-42-52-40(33)29-68-42)53-46(61)44(31(2)3)56(8)49(64)58-20-22-66-23-21-58;;;;/h13-14,24-25,28-29,31-32,38-39,44,54H,10-12,15-23,26-27,30H2,1-9H3,(H,53,61);4*1H2/t32-,38-,39-,44-;;;;/m0..../s1. The number of rotatable bonds is 9. The van der Waals surface area contributed by atoms with E-state index in [0.29, 0.717) is 63.7 Å². The summed E-state index contributed by atoms with van der Waals surface area (Å²) in [6.45, 7) is 18.9. The van der Waals surface area contributed by atoms with Crippen LogP contribution in [0.5, 0.6) is 0 Å². The highest BCUT2D eigenvalue weighted by Gasteiger charge is 2.39. The summed E-state index contributed by atoms with van der Waals surface area (Å²) in [5.74, 6) is -1.55. The number of piperazine rings is 1. The number of fused-ring (bicyclic) bond motifs is 6. The van der Waals surface area contributed by atoms with E-state index in [9.17, 15) is 19.2 Å². The fourth-order valence-electron chi connectivity index (χ4n) is 10.1. The lowest BCUT2D eigenvalue weighted by atomic mass is 9.84. The monoisotopic (exact) mass is 1090 g/mol. The van der Waals surface area contributed by atoms with Crippen LogP contribution in [0.3, 0.4) is 0 Å². The number of carbonyl (C=O) groups is 4. The lowest BCUT2D eigenvalue weighted by Crippen LogP contribution is -2.62. The molecule has 4 atom stereocenters. The molecule has 400 valence electrons. The van der Waals surface area contributed by atoms with E-state index in [1.165, 1.54) is 21.2 Å².